The second kappa shape index (κ2) is 53.0. The first kappa shape index (κ1) is 92.2. The Morgan fingerprint density at radius 3 is 1.30 bits per heavy atom. The smallest absolute Gasteiger partial charge is 0.194 e. The molecule has 0 saturated heterocycles. The first-order valence-corrected chi connectivity index (χ1v) is 35.5. The topological polar surface area (TPSA) is 112 Å². The third-order valence-corrected chi connectivity index (χ3v) is 16.4. The number of H-pyrrole nitrogens is 1. The molecule has 14 rings (SSSR count). The Hall–Kier alpha value is -8.86. The van der Waals surface area contributed by atoms with Crippen molar-refractivity contribution in [1.29, 1.82) is 0 Å². The number of aromatic amines is 1. The van der Waals surface area contributed by atoms with Crippen LogP contribution in [0.25, 0.3) is 21.0 Å². The molecule has 0 spiro atoms. The summed E-state index contributed by atoms with van der Waals surface area (Å²) in [6, 6.07) is 69.3. The summed E-state index contributed by atoms with van der Waals surface area (Å²) in [5.41, 5.74) is 15.0. The minimum absolute atomic E-state index is 0. The number of methoxy groups -OCH3 is 4. The molecule has 0 fully saturated rings. The molecule has 8 aromatic carbocycles. The van der Waals surface area contributed by atoms with Crippen molar-refractivity contribution in [1.82, 2.24) is 19.9 Å². The summed E-state index contributed by atoms with van der Waals surface area (Å²) < 4.78 is 58.3. The molecule has 0 bridgehead atoms. The third kappa shape index (κ3) is 40.3. The first-order chi connectivity index (χ1) is 49.7. The molecule has 0 unspecified atom stereocenters. The van der Waals surface area contributed by atoms with Crippen molar-refractivity contribution in [2.75, 3.05) is 28.4 Å². The number of thiophene rings is 2. The standard InChI is InChI=1S/C9H9N.2C9H12O2.C9H8S.C8H10.C7H6Cl2.C7H5F3.C7H8O.3C6H7N.C5H6S.Pr/c1-7-6-10-9-5-3-2-4-8(7)9;2*1-7-4-5-8(10-2)6-9(7)11-3;1-7-6-8-4-2-3-5-9(8)10-7;1-7-3-5-8(2)6-4-7;1-5-2-6(8)4-7(9)3-5;1-4-2-5(8)7(10)6(9)3-4;1-6-2-4-7(8)5-3-6;1-6-2-4-7-5-3-6;1-6-3-2-4-7-5-6;1-6-4-2-3-5-7-6;1-5-2-3-6-4-5;/h2-6,10H,1H3;2*4-6H,1-3H3;2-6H,1H3;3-6H,1-2H3;2-4H,1H3;2-3H,1H3;2-5,8H,1H3;3*2-5H,1H3;2-4H,1H3;. The normalized spacial score (nSPS) is 9.39. The molecule has 2 N–H and O–H groups in total. The van der Waals surface area contributed by atoms with Gasteiger partial charge in [0.15, 0.2) is 17.5 Å². The molecule has 0 atom stereocenters. The molecule has 9 nitrogen and oxygen atoms in total. The molecule has 0 aliphatic heterocycles. The Balaban J connectivity index is 0.000000390. The van der Waals surface area contributed by atoms with Crippen LogP contribution in [0.3, 0.4) is 0 Å². The number of halogens is 5. The summed E-state index contributed by atoms with van der Waals surface area (Å²) >= 11 is 14.9. The van der Waals surface area contributed by atoms with Gasteiger partial charge in [-0.25, -0.2) is 13.2 Å². The number of nitrogens with zero attached hydrogens (tertiary/aromatic N) is 3. The number of rotatable bonds is 4. The predicted molar refractivity (Wildman–Crippen MR) is 435 cm³/mol. The molecule has 14 aromatic rings. The van der Waals surface area contributed by atoms with E-state index in [4.69, 9.17) is 47.3 Å². The van der Waals surface area contributed by atoms with Crippen LogP contribution < -0.4 is 18.9 Å². The SMILES string of the molecule is COc1ccc(C)c(OC)c1.COc1ccc(C)c(OC)c1.Cc1c[nH]c2ccccc12.Cc1cc(Cl)cc(Cl)c1.Cc1cc(F)c(F)c(F)c1.Cc1cc2ccccc2s1.Cc1ccc(C)cc1.Cc1ccc(O)cc1.Cc1ccccn1.Cc1cccnc1.Cc1ccncc1.Cc1ccsc1.[Pr]. The van der Waals surface area contributed by atoms with Gasteiger partial charge in [0.05, 0.1) is 28.4 Å². The van der Waals surface area contributed by atoms with Crippen LogP contribution in [0, 0.1) is 149 Å². The van der Waals surface area contributed by atoms with Gasteiger partial charge in [0.25, 0.3) is 0 Å². The van der Waals surface area contributed by atoms with Gasteiger partial charge < -0.3 is 29.0 Å². The van der Waals surface area contributed by atoms with E-state index in [9.17, 15) is 13.2 Å². The Morgan fingerprint density at radius 2 is 0.924 bits per heavy atom. The number of nitrogens with one attached hydrogen (secondary N) is 1. The van der Waals surface area contributed by atoms with Crippen molar-refractivity contribution >= 4 is 66.9 Å². The van der Waals surface area contributed by atoms with Crippen molar-refractivity contribution in [2.24, 2.45) is 0 Å². The minimum Gasteiger partial charge on any atom is -0.508 e. The van der Waals surface area contributed by atoms with Crippen LogP contribution in [-0.2, 0) is 0 Å². The fraction of sp³-hybridized carbons (Fsp3) is 0.193. The molecule has 1 radical (unpaired) electrons. The quantitative estimate of drug-likeness (QED) is 0.168. The van der Waals surface area contributed by atoms with Gasteiger partial charge in [-0.3, -0.25) is 15.0 Å². The number of aryl methyl sites for hydroxylation is 13. The molecule has 0 aliphatic rings. The van der Waals surface area contributed by atoms with Crippen LogP contribution in [0.4, 0.5) is 13.2 Å². The summed E-state index contributed by atoms with van der Waals surface area (Å²) in [5, 5.41) is 17.0. The summed E-state index contributed by atoms with van der Waals surface area (Å²) in [6.45, 7) is 26.0. The fourth-order valence-electron chi connectivity index (χ4n) is 8.40. The van der Waals surface area contributed by atoms with Crippen molar-refractivity contribution < 1.29 is 78.5 Å². The Labute approximate surface area is 672 Å². The summed E-state index contributed by atoms with van der Waals surface area (Å²) in [6.07, 6.45) is 11.0. The monoisotopic (exact) mass is 1620 g/mol. The van der Waals surface area contributed by atoms with Crippen LogP contribution in [-0.4, -0.2) is 53.5 Å². The molecule has 105 heavy (non-hydrogen) atoms. The summed E-state index contributed by atoms with van der Waals surface area (Å²) in [7, 11) is 6.60. The maximum atomic E-state index is 12.2. The van der Waals surface area contributed by atoms with Crippen LogP contribution in [0.15, 0.2) is 266 Å². The zero-order valence-electron chi connectivity index (χ0n) is 63.1. The van der Waals surface area contributed by atoms with Crippen LogP contribution in [0.2, 0.25) is 10.0 Å². The molecule has 6 aromatic heterocycles. The van der Waals surface area contributed by atoms with Gasteiger partial charge in [-0.2, -0.15) is 11.3 Å². The van der Waals surface area contributed by atoms with E-state index in [1.165, 1.54) is 71.7 Å². The number of hydrogen-bond acceptors (Lipinski definition) is 10. The van der Waals surface area contributed by atoms with Crippen molar-refractivity contribution in [3.63, 3.8) is 0 Å². The molecule has 17 heteroatoms. The molecule has 6 heterocycles. The number of ether oxygens (including phenoxy) is 4. The van der Waals surface area contributed by atoms with E-state index in [1.807, 2.05) is 181 Å². The minimum atomic E-state index is -1.41. The zero-order valence-corrected chi connectivity index (χ0v) is 70.0. The number of benzene rings is 8. The zero-order chi connectivity index (χ0) is 76.8. The number of phenolic OH excluding ortho intramolecular Hbond substituents is 1. The van der Waals surface area contributed by atoms with E-state index in [2.05, 4.69) is 144 Å². The summed E-state index contributed by atoms with van der Waals surface area (Å²) in [5.74, 6) is 0.0183. The number of aromatic nitrogens is 4. The second-order valence-corrected chi connectivity index (χ2v) is 26.3. The molecule has 549 valence electrons. The summed E-state index contributed by atoms with van der Waals surface area (Å²) in [4.78, 5) is 16.3. The van der Waals surface area contributed by atoms with Gasteiger partial charge in [0, 0.05) is 127 Å². The number of para-hydroxylation sites is 1. The molecular formula is C88H97Cl2F3N4O5PrS2. The number of fused-ring (bicyclic) bond motifs is 2. The van der Waals surface area contributed by atoms with Gasteiger partial charge in [-0.1, -0.05) is 137 Å². The maximum absolute atomic E-state index is 12.2. The van der Waals surface area contributed by atoms with Crippen LogP contribution in [0.5, 0.6) is 28.7 Å². The third-order valence-electron chi connectivity index (χ3n) is 14.1. The van der Waals surface area contributed by atoms with E-state index >= 15 is 0 Å². The average Bonchev–Trinajstić information content (AvgIpc) is 1.70. The molecule has 0 aliphatic carbocycles. The van der Waals surface area contributed by atoms with Gasteiger partial charge in [0.2, 0.25) is 0 Å². The van der Waals surface area contributed by atoms with E-state index in [0.717, 1.165) is 57.5 Å². The fourth-order valence-corrected chi connectivity index (χ4v) is 10.6. The van der Waals surface area contributed by atoms with Crippen LogP contribution >= 0.6 is 45.9 Å². The Bertz CT molecular complexity index is 4270. The average molecular weight is 1620 g/mol. The van der Waals surface area contributed by atoms with Gasteiger partial charge in [-0.15, -0.1) is 11.3 Å². The van der Waals surface area contributed by atoms with E-state index in [0.29, 0.717) is 21.4 Å². The number of phenols is 1. The molecule has 0 amide bonds. The molecule has 0 saturated carbocycles. The van der Waals surface area contributed by atoms with Crippen molar-refractivity contribution in [3.05, 3.63) is 366 Å². The first-order valence-electron chi connectivity index (χ1n) is 33.0. The predicted octanol–water partition coefficient (Wildman–Crippen LogP) is 25.7. The number of pyridine rings is 3. The van der Waals surface area contributed by atoms with Crippen molar-refractivity contribution in [2.45, 2.75) is 90.0 Å². The van der Waals surface area contributed by atoms with E-state index in [-0.39, 0.29) is 41.3 Å². The van der Waals surface area contributed by atoms with E-state index in [1.54, 1.807) is 82.8 Å². The Kier molecular flexibility index (Phi) is 46.5. The molecular weight excluding hydrogens is 1530 g/mol. The van der Waals surface area contributed by atoms with E-state index < -0.39 is 17.5 Å². The number of aromatic hydroxyl groups is 1. The van der Waals surface area contributed by atoms with Gasteiger partial charge in [0.1, 0.15) is 28.7 Å². The van der Waals surface area contributed by atoms with Gasteiger partial charge >= 0.3 is 0 Å². The number of hydrogen-bond donors (Lipinski definition) is 2. The second-order valence-electron chi connectivity index (χ2n) is 23.4. The van der Waals surface area contributed by atoms with Crippen LogP contribution in [0.1, 0.15) is 71.8 Å². The van der Waals surface area contributed by atoms with Gasteiger partial charge in [-0.05, 0) is 260 Å². The van der Waals surface area contributed by atoms with Crippen molar-refractivity contribution in [3.8, 4) is 28.7 Å². The Morgan fingerprint density at radius 1 is 0.419 bits per heavy atom. The largest absolute Gasteiger partial charge is 0.508 e. The maximum Gasteiger partial charge on any atom is 0.194 e.